The molecule has 2 heterocycles. The van der Waals surface area contributed by atoms with Crippen LogP contribution in [0.4, 0.5) is 5.69 Å². The third kappa shape index (κ3) is 3.18. The lowest BCUT2D eigenvalue weighted by Crippen LogP contribution is -2.49. The maximum atomic E-state index is 14.5. The second-order valence-corrected chi connectivity index (χ2v) is 11.9. The smallest absolute Gasteiger partial charge is 0.180 e. The molecule has 4 nitrogen and oxygen atoms in total. The molecule has 0 N–H and O–H groups in total. The first kappa shape index (κ1) is 23.9. The Morgan fingerprint density at radius 1 is 0.919 bits per heavy atom. The molecular weight excluding hydrogens is 482 g/mol. The molecule has 0 aromatic heterocycles. The van der Waals surface area contributed by atoms with Gasteiger partial charge < -0.3 is 4.90 Å². The van der Waals surface area contributed by atoms with E-state index in [1.807, 2.05) is 81.1 Å². The molecule has 1 saturated heterocycles. The highest BCUT2D eigenvalue weighted by Gasteiger charge is 2.71. The van der Waals surface area contributed by atoms with Gasteiger partial charge in [0.25, 0.3) is 0 Å². The fourth-order valence-corrected chi connectivity index (χ4v) is 6.72. The Bertz CT molecular complexity index is 1480. The number of aryl methyl sites for hydroxylation is 1. The highest BCUT2D eigenvalue weighted by atomic mass is 35.5. The van der Waals surface area contributed by atoms with Gasteiger partial charge in [-0.1, -0.05) is 98.6 Å². The molecule has 0 radical (unpaired) electrons. The lowest BCUT2D eigenvalue weighted by molar-refractivity contribution is -0.127. The summed E-state index contributed by atoms with van der Waals surface area (Å²) in [6.45, 7) is 7.70. The van der Waals surface area contributed by atoms with Crippen LogP contribution in [0.15, 0.2) is 72.8 Å². The highest BCUT2D eigenvalue weighted by molar-refractivity contribution is 6.32. The van der Waals surface area contributed by atoms with Crippen molar-refractivity contribution >= 4 is 40.7 Å². The molecule has 6 rings (SSSR count). The van der Waals surface area contributed by atoms with E-state index in [0.717, 1.165) is 22.4 Å². The minimum Gasteiger partial charge on any atom is -0.352 e. The second kappa shape index (κ2) is 8.00. The van der Waals surface area contributed by atoms with E-state index in [1.54, 1.807) is 30.3 Å². The van der Waals surface area contributed by atoms with Gasteiger partial charge in [0.2, 0.25) is 0 Å². The molecule has 1 aliphatic carbocycles. The van der Waals surface area contributed by atoms with E-state index in [-0.39, 0.29) is 17.3 Å². The molecule has 0 unspecified atom stereocenters. The van der Waals surface area contributed by atoms with Crippen LogP contribution >= 0.6 is 11.6 Å². The zero-order valence-corrected chi connectivity index (χ0v) is 22.0. The highest BCUT2D eigenvalue weighted by Crippen LogP contribution is 2.61. The molecule has 0 bridgehead atoms. The molecule has 37 heavy (non-hydrogen) atoms. The molecule has 3 aliphatic rings. The van der Waals surface area contributed by atoms with Crippen LogP contribution in [0.1, 0.15) is 64.1 Å². The van der Waals surface area contributed by atoms with E-state index < -0.39 is 28.8 Å². The predicted molar refractivity (Wildman–Crippen MR) is 146 cm³/mol. The Morgan fingerprint density at radius 2 is 1.54 bits per heavy atom. The number of hydrogen-bond acceptors (Lipinski definition) is 4. The predicted octanol–water partition coefficient (Wildman–Crippen LogP) is 6.70. The fourth-order valence-electron chi connectivity index (χ4n) is 6.54. The number of fused-ring (bicyclic) bond motifs is 5. The molecule has 0 amide bonds. The maximum Gasteiger partial charge on any atom is 0.180 e. The molecule has 3 aromatic carbocycles. The number of anilines is 1. The van der Waals surface area contributed by atoms with E-state index in [9.17, 15) is 14.4 Å². The Morgan fingerprint density at radius 3 is 2.14 bits per heavy atom. The first-order chi connectivity index (χ1) is 17.6. The van der Waals surface area contributed by atoms with Gasteiger partial charge in [-0.2, -0.15) is 0 Å². The quantitative estimate of drug-likeness (QED) is 0.361. The summed E-state index contributed by atoms with van der Waals surface area (Å²) >= 11 is 6.33. The van der Waals surface area contributed by atoms with Gasteiger partial charge in [-0.25, -0.2) is 0 Å². The third-order valence-electron chi connectivity index (χ3n) is 8.21. The van der Waals surface area contributed by atoms with Crippen molar-refractivity contribution in [1.29, 1.82) is 0 Å². The number of nitrogens with zero attached hydrogens (tertiary/aromatic N) is 1. The van der Waals surface area contributed by atoms with Crippen molar-refractivity contribution < 1.29 is 14.4 Å². The van der Waals surface area contributed by atoms with Crippen molar-refractivity contribution in [3.8, 4) is 0 Å². The summed E-state index contributed by atoms with van der Waals surface area (Å²) in [7, 11) is 0. The Hall–Kier alpha value is -3.50. The molecule has 3 aromatic rings. The van der Waals surface area contributed by atoms with Crippen LogP contribution in [0, 0.1) is 17.8 Å². The van der Waals surface area contributed by atoms with E-state index in [2.05, 4.69) is 0 Å². The van der Waals surface area contributed by atoms with E-state index in [0.29, 0.717) is 16.1 Å². The van der Waals surface area contributed by atoms with Crippen LogP contribution in [0.5, 0.6) is 0 Å². The van der Waals surface area contributed by atoms with Gasteiger partial charge in [0, 0.05) is 33.2 Å². The van der Waals surface area contributed by atoms with Gasteiger partial charge in [-0.05, 0) is 36.2 Å². The van der Waals surface area contributed by atoms with E-state index >= 15 is 0 Å². The molecule has 1 fully saturated rings. The van der Waals surface area contributed by atoms with Crippen LogP contribution < -0.4 is 4.90 Å². The summed E-state index contributed by atoms with van der Waals surface area (Å²) in [6, 6.07) is 19.2. The van der Waals surface area contributed by atoms with E-state index in [1.165, 1.54) is 0 Å². The van der Waals surface area contributed by atoms with Crippen molar-refractivity contribution in [2.24, 2.45) is 10.8 Å². The minimum absolute atomic E-state index is 0.00675. The largest absolute Gasteiger partial charge is 0.352 e. The number of hydrogen-bond donors (Lipinski definition) is 0. The number of carbonyl (C=O) groups excluding carboxylic acids is 3. The summed E-state index contributed by atoms with van der Waals surface area (Å²) in [5.74, 6) is -1.09. The van der Waals surface area contributed by atoms with Gasteiger partial charge >= 0.3 is 0 Å². The first-order valence-corrected chi connectivity index (χ1v) is 13.0. The van der Waals surface area contributed by atoms with Crippen molar-refractivity contribution in [3.63, 3.8) is 0 Å². The second-order valence-electron chi connectivity index (χ2n) is 11.4. The number of ketones is 3. The molecule has 3 atom stereocenters. The van der Waals surface area contributed by atoms with Crippen LogP contribution in [-0.2, 0) is 4.79 Å². The number of carbonyl (C=O) groups is 3. The zero-order valence-electron chi connectivity index (χ0n) is 21.3. The fraction of sp³-hybridized carbons (Fsp3) is 0.281. The minimum atomic E-state index is -1.46. The topological polar surface area (TPSA) is 54.5 Å². The van der Waals surface area contributed by atoms with Crippen molar-refractivity contribution in [2.75, 3.05) is 4.90 Å². The number of benzene rings is 3. The molecule has 1 spiro atoms. The molecule has 186 valence electrons. The van der Waals surface area contributed by atoms with Crippen LogP contribution in [0.2, 0.25) is 5.02 Å². The summed E-state index contributed by atoms with van der Waals surface area (Å²) in [4.78, 5) is 45.4. The van der Waals surface area contributed by atoms with Gasteiger partial charge in [0.05, 0.1) is 12.1 Å². The Labute approximate surface area is 221 Å². The normalized spacial score (nSPS) is 23.3. The summed E-state index contributed by atoms with van der Waals surface area (Å²) in [6.07, 6.45) is 3.86. The Balaban J connectivity index is 1.70. The van der Waals surface area contributed by atoms with Crippen LogP contribution in [0.25, 0.3) is 6.08 Å². The van der Waals surface area contributed by atoms with Gasteiger partial charge in [0.1, 0.15) is 5.41 Å². The average molecular weight is 510 g/mol. The number of rotatable bonds is 2. The van der Waals surface area contributed by atoms with Crippen LogP contribution in [-0.4, -0.2) is 29.4 Å². The molecule has 0 saturated carbocycles. The van der Waals surface area contributed by atoms with Crippen molar-refractivity contribution in [3.05, 3.63) is 106 Å². The molecule has 5 heteroatoms. The summed E-state index contributed by atoms with van der Waals surface area (Å²) < 4.78 is 0. The SMILES string of the molecule is Cc1ccc([C@H]2[C@H](C(=O)C(C)(C)C)N3c4ccc(Cl)cc4C=C[C@@H]3C23C(=O)c2ccccc2C3=O)cc1. The van der Waals surface area contributed by atoms with E-state index in [4.69, 9.17) is 11.6 Å². The maximum absolute atomic E-state index is 14.5. The lowest BCUT2D eigenvalue weighted by atomic mass is 9.63. The standard InChI is InChI=1S/C32H28ClNO3/c1-18-9-11-19(12-10-18)26-27(30(37)31(2,3)4)34-24-15-14-21(33)17-20(24)13-16-25(34)32(26)28(35)22-7-5-6-8-23(22)29(32)36/h5-17,25-27H,1-4H3/t25-,26+,27-/m1/s1. The van der Waals surface area contributed by atoms with Crippen molar-refractivity contribution in [1.82, 2.24) is 0 Å². The molecule has 2 aliphatic heterocycles. The number of Topliss-reactive ketones (excluding diaryl/α,β-unsaturated/α-hetero) is 3. The third-order valence-corrected chi connectivity index (χ3v) is 8.45. The van der Waals surface area contributed by atoms with Crippen LogP contribution in [0.3, 0.4) is 0 Å². The number of halogens is 1. The summed E-state index contributed by atoms with van der Waals surface area (Å²) in [5.41, 5.74) is 2.27. The monoisotopic (exact) mass is 509 g/mol. The van der Waals surface area contributed by atoms with Gasteiger partial charge in [-0.3, -0.25) is 14.4 Å². The van der Waals surface area contributed by atoms with Crippen molar-refractivity contribution in [2.45, 2.75) is 45.7 Å². The average Bonchev–Trinajstić information content (AvgIpc) is 3.29. The Kier molecular flexibility index (Phi) is 5.16. The zero-order chi connectivity index (χ0) is 26.3. The van der Waals surface area contributed by atoms with Gasteiger partial charge in [-0.15, -0.1) is 0 Å². The first-order valence-electron chi connectivity index (χ1n) is 12.6. The van der Waals surface area contributed by atoms with Gasteiger partial charge in [0.15, 0.2) is 17.3 Å². The lowest BCUT2D eigenvalue weighted by Gasteiger charge is -2.38. The molecular formula is C32H28ClNO3. The summed E-state index contributed by atoms with van der Waals surface area (Å²) in [5, 5.41) is 0.588.